The van der Waals surface area contributed by atoms with Crippen LogP contribution in [0.15, 0.2) is 34.9 Å². The summed E-state index contributed by atoms with van der Waals surface area (Å²) in [6.07, 6.45) is 0.615. The predicted octanol–water partition coefficient (Wildman–Crippen LogP) is 2.06. The van der Waals surface area contributed by atoms with Gasteiger partial charge in [-0.1, -0.05) is 49.3 Å². The van der Waals surface area contributed by atoms with Crippen LogP contribution in [0.2, 0.25) is 0 Å². The standard InChI is InChI=1S/C17H24N4O3S/c1-12(2)16-18-17(24-19-16)15-9-14(10-21(15)3)20-25(22,23)11-13-7-5-4-6-8-13/h4-8,12,14-15,20H,9-11H2,1-3H3/t14-,15+/m0/s1. The van der Waals surface area contributed by atoms with Crippen LogP contribution in [0.4, 0.5) is 0 Å². The smallest absolute Gasteiger partial charge is 0.244 e. The van der Waals surface area contributed by atoms with Crippen molar-refractivity contribution in [3.8, 4) is 0 Å². The maximum Gasteiger partial charge on any atom is 0.244 e. The first-order valence-electron chi connectivity index (χ1n) is 8.41. The lowest BCUT2D eigenvalue weighted by molar-refractivity contribution is 0.244. The molecule has 1 aromatic carbocycles. The van der Waals surface area contributed by atoms with Gasteiger partial charge in [-0.25, -0.2) is 13.1 Å². The van der Waals surface area contributed by atoms with E-state index in [1.54, 1.807) is 0 Å². The maximum atomic E-state index is 12.4. The molecule has 0 amide bonds. The van der Waals surface area contributed by atoms with Crippen LogP contribution in [-0.2, 0) is 15.8 Å². The molecule has 0 saturated carbocycles. The Morgan fingerprint density at radius 2 is 2.04 bits per heavy atom. The first-order chi connectivity index (χ1) is 11.8. The van der Waals surface area contributed by atoms with Crippen molar-refractivity contribution in [2.75, 3.05) is 13.6 Å². The fourth-order valence-electron chi connectivity index (χ4n) is 3.08. The third kappa shape index (κ3) is 4.45. The highest BCUT2D eigenvalue weighted by Crippen LogP contribution is 2.30. The highest BCUT2D eigenvalue weighted by molar-refractivity contribution is 7.88. The number of benzene rings is 1. The molecule has 0 spiro atoms. The lowest BCUT2D eigenvalue weighted by atomic mass is 10.2. The molecular weight excluding hydrogens is 340 g/mol. The van der Waals surface area contributed by atoms with E-state index in [1.807, 2.05) is 56.1 Å². The van der Waals surface area contributed by atoms with Crippen LogP contribution >= 0.6 is 0 Å². The topological polar surface area (TPSA) is 88.3 Å². The van der Waals surface area contributed by atoms with Crippen molar-refractivity contribution >= 4 is 10.0 Å². The molecule has 2 aromatic rings. The van der Waals surface area contributed by atoms with Crippen LogP contribution in [0.5, 0.6) is 0 Å². The molecule has 25 heavy (non-hydrogen) atoms. The zero-order valence-electron chi connectivity index (χ0n) is 14.7. The molecule has 2 atom stereocenters. The summed E-state index contributed by atoms with van der Waals surface area (Å²) in [5, 5.41) is 4.00. The molecule has 1 aliphatic rings. The van der Waals surface area contributed by atoms with Gasteiger partial charge in [0.05, 0.1) is 11.8 Å². The average Bonchev–Trinajstić information content (AvgIpc) is 3.14. The summed E-state index contributed by atoms with van der Waals surface area (Å²) in [6, 6.07) is 8.94. The fraction of sp³-hybridized carbons (Fsp3) is 0.529. The number of nitrogens with one attached hydrogen (secondary N) is 1. The first-order valence-corrected chi connectivity index (χ1v) is 10.1. The zero-order chi connectivity index (χ0) is 18.0. The third-order valence-electron chi connectivity index (χ3n) is 4.35. The summed E-state index contributed by atoms with van der Waals surface area (Å²) in [5.41, 5.74) is 0.774. The van der Waals surface area contributed by atoms with Crippen LogP contribution in [0, 0.1) is 0 Å². The SMILES string of the molecule is CC(C)c1noc([C@H]2C[C@H](NS(=O)(=O)Cc3ccccc3)CN2C)n1. The molecule has 1 aromatic heterocycles. The molecule has 3 rings (SSSR count). The van der Waals surface area contributed by atoms with Crippen molar-refractivity contribution in [1.82, 2.24) is 19.8 Å². The Labute approximate surface area is 148 Å². The fourth-order valence-corrected chi connectivity index (χ4v) is 4.47. The summed E-state index contributed by atoms with van der Waals surface area (Å²) in [6.45, 7) is 4.62. The minimum Gasteiger partial charge on any atom is -0.338 e. The Hall–Kier alpha value is -1.77. The molecule has 1 aliphatic heterocycles. The van der Waals surface area contributed by atoms with Crippen molar-refractivity contribution in [1.29, 1.82) is 0 Å². The Morgan fingerprint density at radius 3 is 2.68 bits per heavy atom. The Balaban J connectivity index is 1.64. The van der Waals surface area contributed by atoms with Gasteiger partial charge in [-0.2, -0.15) is 4.98 Å². The normalized spacial score (nSPS) is 21.9. The van der Waals surface area contributed by atoms with E-state index in [1.165, 1.54) is 0 Å². The minimum atomic E-state index is -3.40. The summed E-state index contributed by atoms with van der Waals surface area (Å²) in [7, 11) is -1.46. The van der Waals surface area contributed by atoms with Gasteiger partial charge < -0.3 is 4.52 Å². The molecule has 0 aliphatic carbocycles. The van der Waals surface area contributed by atoms with Crippen LogP contribution in [0.3, 0.4) is 0 Å². The molecule has 1 fully saturated rings. The van der Waals surface area contributed by atoms with Crippen molar-refractivity contribution < 1.29 is 12.9 Å². The Bertz CT molecular complexity index is 804. The maximum absolute atomic E-state index is 12.4. The molecule has 0 radical (unpaired) electrons. The van der Waals surface area contributed by atoms with Crippen molar-refractivity contribution in [2.45, 2.75) is 44.0 Å². The molecule has 8 heteroatoms. The third-order valence-corrected chi connectivity index (χ3v) is 5.76. The van der Waals surface area contributed by atoms with Crippen molar-refractivity contribution in [2.24, 2.45) is 0 Å². The number of likely N-dealkylation sites (N-methyl/N-ethyl adjacent to an activating group) is 1. The number of rotatable bonds is 6. The van der Waals surface area contributed by atoms with Crippen LogP contribution in [0.1, 0.15) is 49.5 Å². The molecule has 1 N–H and O–H groups in total. The lowest BCUT2D eigenvalue weighted by Crippen LogP contribution is -2.37. The first kappa shape index (κ1) is 18.0. The van der Waals surface area contributed by atoms with Crippen LogP contribution in [-0.4, -0.2) is 43.1 Å². The van der Waals surface area contributed by atoms with E-state index >= 15 is 0 Å². The molecule has 0 bridgehead atoms. The Morgan fingerprint density at radius 1 is 1.32 bits per heavy atom. The van der Waals surface area contributed by atoms with Gasteiger partial charge in [0.2, 0.25) is 15.9 Å². The number of aromatic nitrogens is 2. The van der Waals surface area contributed by atoms with Gasteiger partial charge in [-0.15, -0.1) is 0 Å². The molecule has 2 heterocycles. The predicted molar refractivity (Wildman–Crippen MR) is 94.4 cm³/mol. The molecule has 1 saturated heterocycles. The number of hydrogen-bond donors (Lipinski definition) is 1. The van der Waals surface area contributed by atoms with Crippen LogP contribution in [0.25, 0.3) is 0 Å². The second kappa shape index (κ2) is 7.23. The van der Waals surface area contributed by atoms with Crippen molar-refractivity contribution in [3.63, 3.8) is 0 Å². The van der Waals surface area contributed by atoms with Gasteiger partial charge in [0.25, 0.3) is 0 Å². The van der Waals surface area contributed by atoms with Gasteiger partial charge in [-0.05, 0) is 19.0 Å². The van der Waals surface area contributed by atoms with E-state index in [2.05, 4.69) is 14.9 Å². The van der Waals surface area contributed by atoms with Gasteiger partial charge >= 0.3 is 0 Å². The highest BCUT2D eigenvalue weighted by Gasteiger charge is 2.36. The van der Waals surface area contributed by atoms with E-state index in [9.17, 15) is 8.42 Å². The summed E-state index contributed by atoms with van der Waals surface area (Å²) >= 11 is 0. The lowest BCUT2D eigenvalue weighted by Gasteiger charge is -2.14. The van der Waals surface area contributed by atoms with Gasteiger partial charge in [0, 0.05) is 18.5 Å². The van der Waals surface area contributed by atoms with E-state index < -0.39 is 10.0 Å². The monoisotopic (exact) mass is 364 g/mol. The summed E-state index contributed by atoms with van der Waals surface area (Å²) in [5.74, 6) is 1.41. The van der Waals surface area contributed by atoms with Gasteiger partial charge in [-0.3, -0.25) is 4.90 Å². The van der Waals surface area contributed by atoms with Gasteiger partial charge in [0.1, 0.15) is 0 Å². The largest absolute Gasteiger partial charge is 0.338 e. The Kier molecular flexibility index (Phi) is 5.21. The molecule has 136 valence electrons. The van der Waals surface area contributed by atoms with E-state index in [0.717, 1.165) is 5.56 Å². The summed E-state index contributed by atoms with van der Waals surface area (Å²) in [4.78, 5) is 6.49. The highest BCUT2D eigenvalue weighted by atomic mass is 32.2. The second-order valence-corrected chi connectivity index (χ2v) is 8.65. The van der Waals surface area contributed by atoms with Crippen LogP contribution < -0.4 is 4.72 Å². The number of likely N-dealkylation sites (tertiary alicyclic amines) is 1. The number of sulfonamides is 1. The molecule has 7 nitrogen and oxygen atoms in total. The quantitative estimate of drug-likeness (QED) is 0.844. The second-order valence-electron chi connectivity index (χ2n) is 6.90. The van der Waals surface area contributed by atoms with E-state index in [-0.39, 0.29) is 23.8 Å². The van der Waals surface area contributed by atoms with E-state index in [0.29, 0.717) is 24.7 Å². The zero-order valence-corrected chi connectivity index (χ0v) is 15.5. The number of nitrogens with zero attached hydrogens (tertiary/aromatic N) is 3. The minimum absolute atomic E-state index is 0.0171. The number of hydrogen-bond acceptors (Lipinski definition) is 6. The van der Waals surface area contributed by atoms with E-state index in [4.69, 9.17) is 4.52 Å². The summed E-state index contributed by atoms with van der Waals surface area (Å²) < 4.78 is 33.0. The molecule has 0 unspecified atom stereocenters. The van der Waals surface area contributed by atoms with Gasteiger partial charge in [0.15, 0.2) is 5.82 Å². The van der Waals surface area contributed by atoms with Crippen molar-refractivity contribution in [3.05, 3.63) is 47.6 Å². The average molecular weight is 364 g/mol. The molecular formula is C17H24N4O3S.